The lowest BCUT2D eigenvalue weighted by atomic mass is 9.81. The van der Waals surface area contributed by atoms with Crippen molar-refractivity contribution in [2.75, 3.05) is 0 Å². The molecule has 1 unspecified atom stereocenters. The molecule has 0 aromatic heterocycles. The van der Waals surface area contributed by atoms with Crippen molar-refractivity contribution in [1.82, 2.24) is 10.6 Å². The lowest BCUT2D eigenvalue weighted by Crippen LogP contribution is -2.52. The Kier molecular flexibility index (Phi) is 2.52. The third-order valence-corrected chi connectivity index (χ3v) is 3.78. The summed E-state index contributed by atoms with van der Waals surface area (Å²) in [4.78, 5) is 11.4. The number of hydrogen-bond acceptors (Lipinski definition) is 2. The molecule has 1 saturated heterocycles. The molecule has 2 rings (SSSR count). The lowest BCUT2D eigenvalue weighted by Gasteiger charge is -2.37. The van der Waals surface area contributed by atoms with Crippen LogP contribution in [0, 0.1) is 5.92 Å². The number of carbonyl (C=O) groups is 1. The topological polar surface area (TPSA) is 41.1 Å². The molecule has 3 nitrogen and oxygen atoms in total. The number of amides is 1. The summed E-state index contributed by atoms with van der Waals surface area (Å²) < 4.78 is 0. The van der Waals surface area contributed by atoms with Gasteiger partial charge in [-0.1, -0.05) is 13.3 Å². The van der Waals surface area contributed by atoms with Gasteiger partial charge in [0.1, 0.15) is 0 Å². The summed E-state index contributed by atoms with van der Waals surface area (Å²) in [5.41, 5.74) is -0.0534. The molecule has 3 heteroatoms. The number of rotatable bonds is 1. The van der Waals surface area contributed by atoms with Crippen molar-refractivity contribution in [2.24, 2.45) is 5.92 Å². The molecule has 2 fully saturated rings. The van der Waals surface area contributed by atoms with Crippen molar-refractivity contribution in [3.63, 3.8) is 0 Å². The molecule has 1 aliphatic carbocycles. The summed E-state index contributed by atoms with van der Waals surface area (Å²) in [5.74, 6) is 1.04. The molecule has 0 bridgehead atoms. The third kappa shape index (κ3) is 1.65. The molecule has 1 heterocycles. The van der Waals surface area contributed by atoms with E-state index in [9.17, 15) is 4.79 Å². The zero-order chi connectivity index (χ0) is 10.2. The quantitative estimate of drug-likeness (QED) is 0.665. The van der Waals surface area contributed by atoms with Crippen LogP contribution in [0.5, 0.6) is 0 Å². The van der Waals surface area contributed by atoms with Crippen molar-refractivity contribution in [3.8, 4) is 0 Å². The first kappa shape index (κ1) is 9.97. The van der Waals surface area contributed by atoms with Crippen molar-refractivity contribution < 1.29 is 4.79 Å². The molecule has 0 aromatic carbocycles. The average molecular weight is 196 g/mol. The molecule has 0 radical (unpaired) electrons. The van der Waals surface area contributed by atoms with Crippen molar-refractivity contribution >= 4 is 5.91 Å². The summed E-state index contributed by atoms with van der Waals surface area (Å²) in [6.07, 6.45) is 5.97. The van der Waals surface area contributed by atoms with E-state index in [0.29, 0.717) is 0 Å². The summed E-state index contributed by atoms with van der Waals surface area (Å²) in [6.45, 7) is 4.20. The Morgan fingerprint density at radius 2 is 2.07 bits per heavy atom. The Bertz CT molecular complexity index is 231. The highest BCUT2D eigenvalue weighted by Crippen LogP contribution is 2.34. The fourth-order valence-corrected chi connectivity index (χ4v) is 2.71. The maximum Gasteiger partial charge on any atom is 0.238 e. The van der Waals surface area contributed by atoms with Crippen LogP contribution in [-0.4, -0.2) is 17.6 Å². The summed E-state index contributed by atoms with van der Waals surface area (Å²) in [6, 6.07) is -0.00632. The number of nitrogens with one attached hydrogen (secondary N) is 2. The predicted octanol–water partition coefficient (Wildman–Crippen LogP) is 1.39. The van der Waals surface area contributed by atoms with Gasteiger partial charge in [0.05, 0.1) is 11.7 Å². The molecule has 14 heavy (non-hydrogen) atoms. The van der Waals surface area contributed by atoms with E-state index in [-0.39, 0.29) is 17.6 Å². The van der Waals surface area contributed by atoms with E-state index in [1.54, 1.807) is 0 Å². The Hall–Kier alpha value is -0.570. The predicted molar refractivity (Wildman–Crippen MR) is 55.7 cm³/mol. The summed E-state index contributed by atoms with van der Waals surface area (Å²) in [5, 5.41) is 6.52. The molecular formula is C11H20N2O. The monoisotopic (exact) mass is 196 g/mol. The highest BCUT2D eigenvalue weighted by Gasteiger charge is 2.43. The van der Waals surface area contributed by atoms with E-state index < -0.39 is 0 Å². The Morgan fingerprint density at radius 1 is 1.43 bits per heavy atom. The fraction of sp³-hybridized carbons (Fsp3) is 0.909. The van der Waals surface area contributed by atoms with Crippen LogP contribution in [0.25, 0.3) is 0 Å². The Morgan fingerprint density at radius 3 is 2.50 bits per heavy atom. The van der Waals surface area contributed by atoms with Gasteiger partial charge in [-0.2, -0.15) is 0 Å². The van der Waals surface area contributed by atoms with Crippen LogP contribution in [0.15, 0.2) is 0 Å². The van der Waals surface area contributed by atoms with Gasteiger partial charge in [-0.15, -0.1) is 0 Å². The molecule has 1 aliphatic heterocycles. The van der Waals surface area contributed by atoms with E-state index in [4.69, 9.17) is 0 Å². The van der Waals surface area contributed by atoms with Gasteiger partial charge >= 0.3 is 0 Å². The normalized spacial score (nSPS) is 42.9. The van der Waals surface area contributed by atoms with Crippen LogP contribution in [-0.2, 0) is 4.79 Å². The first-order valence-electron chi connectivity index (χ1n) is 5.75. The van der Waals surface area contributed by atoms with Crippen LogP contribution in [0.2, 0.25) is 0 Å². The largest absolute Gasteiger partial charge is 0.337 e. The van der Waals surface area contributed by atoms with Crippen LogP contribution in [0.3, 0.4) is 0 Å². The van der Waals surface area contributed by atoms with Gasteiger partial charge in [-0.3, -0.25) is 10.1 Å². The molecule has 1 atom stereocenters. The summed E-state index contributed by atoms with van der Waals surface area (Å²) in [7, 11) is 0. The van der Waals surface area contributed by atoms with E-state index in [2.05, 4.69) is 17.6 Å². The molecule has 1 spiro atoms. The van der Waals surface area contributed by atoms with Crippen molar-refractivity contribution in [2.45, 2.75) is 57.7 Å². The minimum atomic E-state index is -0.0534. The number of hydrogen-bond donors (Lipinski definition) is 2. The minimum absolute atomic E-state index is 0.00632. The summed E-state index contributed by atoms with van der Waals surface area (Å²) >= 11 is 0. The standard InChI is InChI=1S/C11H20N2O/c1-3-9-4-6-11(7-5-9)12-8(2)10(14)13-11/h8-9,12H,3-7H2,1-2H3,(H,13,14). The maximum absolute atomic E-state index is 11.4. The zero-order valence-electron chi connectivity index (χ0n) is 9.10. The van der Waals surface area contributed by atoms with Crippen LogP contribution < -0.4 is 10.6 Å². The van der Waals surface area contributed by atoms with Crippen LogP contribution in [0.1, 0.15) is 46.0 Å². The van der Waals surface area contributed by atoms with Crippen molar-refractivity contribution in [3.05, 3.63) is 0 Å². The SMILES string of the molecule is CCC1CCC2(CC1)NC(=O)C(C)N2. The molecule has 2 N–H and O–H groups in total. The van der Waals surface area contributed by atoms with Crippen molar-refractivity contribution in [1.29, 1.82) is 0 Å². The molecule has 1 saturated carbocycles. The Labute approximate surface area is 85.6 Å². The van der Waals surface area contributed by atoms with Gasteiger partial charge in [0.15, 0.2) is 0 Å². The molecule has 80 valence electrons. The highest BCUT2D eigenvalue weighted by molar-refractivity contribution is 5.84. The van der Waals surface area contributed by atoms with Gasteiger partial charge < -0.3 is 5.32 Å². The average Bonchev–Trinajstić information content (AvgIpc) is 2.44. The van der Waals surface area contributed by atoms with Crippen LogP contribution >= 0.6 is 0 Å². The third-order valence-electron chi connectivity index (χ3n) is 3.78. The van der Waals surface area contributed by atoms with Gasteiger partial charge in [0.2, 0.25) is 5.91 Å². The van der Waals surface area contributed by atoms with Gasteiger partial charge in [-0.05, 0) is 38.5 Å². The van der Waals surface area contributed by atoms with Crippen LogP contribution in [0.4, 0.5) is 0 Å². The van der Waals surface area contributed by atoms with E-state index in [1.807, 2.05) is 6.92 Å². The lowest BCUT2D eigenvalue weighted by molar-refractivity contribution is -0.120. The second-order valence-corrected chi connectivity index (χ2v) is 4.79. The highest BCUT2D eigenvalue weighted by atomic mass is 16.2. The second kappa shape index (κ2) is 3.54. The first-order chi connectivity index (χ1) is 6.65. The maximum atomic E-state index is 11.4. The van der Waals surface area contributed by atoms with Gasteiger partial charge in [0, 0.05) is 0 Å². The molecular weight excluding hydrogens is 176 g/mol. The van der Waals surface area contributed by atoms with Gasteiger partial charge in [-0.25, -0.2) is 0 Å². The fourth-order valence-electron chi connectivity index (χ4n) is 2.71. The first-order valence-corrected chi connectivity index (χ1v) is 5.75. The van der Waals surface area contributed by atoms with E-state index >= 15 is 0 Å². The molecule has 1 amide bonds. The number of carbonyl (C=O) groups excluding carboxylic acids is 1. The van der Waals surface area contributed by atoms with E-state index in [0.717, 1.165) is 18.8 Å². The smallest absolute Gasteiger partial charge is 0.238 e. The molecule has 0 aromatic rings. The van der Waals surface area contributed by atoms with E-state index in [1.165, 1.54) is 19.3 Å². The second-order valence-electron chi connectivity index (χ2n) is 4.79. The van der Waals surface area contributed by atoms with Gasteiger partial charge in [0.25, 0.3) is 0 Å². The Balaban J connectivity index is 1.97. The zero-order valence-corrected chi connectivity index (χ0v) is 9.10. The molecule has 2 aliphatic rings. The minimum Gasteiger partial charge on any atom is -0.337 e.